The van der Waals surface area contributed by atoms with Crippen LogP contribution in [0.1, 0.15) is 6.92 Å². The first-order valence-corrected chi connectivity index (χ1v) is 17.9. The highest BCUT2D eigenvalue weighted by Crippen LogP contribution is 1.96. The van der Waals surface area contributed by atoms with Crippen LogP contribution in [-0.4, -0.2) is 235 Å². The summed E-state index contributed by atoms with van der Waals surface area (Å²) in [6.45, 7) is 17.4. The van der Waals surface area contributed by atoms with Crippen molar-refractivity contribution in [1.29, 1.82) is 0 Å². The van der Waals surface area contributed by atoms with Crippen LogP contribution in [-0.2, 0) is 0 Å². The summed E-state index contributed by atoms with van der Waals surface area (Å²) in [5, 5.41) is 77.9. The lowest BCUT2D eigenvalue weighted by atomic mass is 10.2. The summed E-state index contributed by atoms with van der Waals surface area (Å²) in [7, 11) is 3.63. The summed E-state index contributed by atoms with van der Waals surface area (Å²) in [6, 6.07) is 0. The zero-order valence-corrected chi connectivity index (χ0v) is 29.7. The van der Waals surface area contributed by atoms with Gasteiger partial charge < -0.3 is 68.1 Å². The SMILES string of the molecule is CCNCCN1CCNCC(O)CN(CCNCC(O)CNCCN(CCNCC(O)CNC)CC(O)CNC)CCNCC(O)C1. The van der Waals surface area contributed by atoms with Gasteiger partial charge in [-0.05, 0) is 20.6 Å². The topological polar surface area (TPSA) is 207 Å². The monoisotopic (exact) mass is 680 g/mol. The Hall–Kier alpha value is -0.640. The fourth-order valence-corrected chi connectivity index (χ4v) is 5.53. The average molecular weight is 680 g/mol. The maximum Gasteiger partial charge on any atom is 0.0791 e. The van der Waals surface area contributed by atoms with Crippen molar-refractivity contribution in [3.63, 3.8) is 0 Å². The number of aliphatic hydroxyl groups is 5. The van der Waals surface area contributed by atoms with Gasteiger partial charge in [0.05, 0.1) is 30.5 Å². The molecule has 0 aromatic carbocycles. The molecule has 5 unspecified atom stereocenters. The Labute approximate surface area is 284 Å². The maximum atomic E-state index is 10.7. The van der Waals surface area contributed by atoms with Crippen molar-refractivity contribution >= 4 is 0 Å². The van der Waals surface area contributed by atoms with E-state index in [1.807, 2.05) is 14.1 Å². The van der Waals surface area contributed by atoms with Gasteiger partial charge in [-0.15, -0.1) is 0 Å². The van der Waals surface area contributed by atoms with Gasteiger partial charge >= 0.3 is 0 Å². The molecule has 0 bridgehead atoms. The van der Waals surface area contributed by atoms with Crippen molar-refractivity contribution in [2.45, 2.75) is 37.4 Å². The van der Waals surface area contributed by atoms with Crippen molar-refractivity contribution in [2.24, 2.45) is 0 Å². The highest BCUT2D eigenvalue weighted by molar-refractivity contribution is 4.75. The highest BCUT2D eigenvalue weighted by Gasteiger charge is 2.16. The molecule has 1 rings (SSSR count). The van der Waals surface area contributed by atoms with Gasteiger partial charge in [-0.2, -0.15) is 0 Å². The minimum absolute atomic E-state index is 0.436. The second kappa shape index (κ2) is 30.2. The molecule has 0 radical (unpaired) electrons. The molecule has 0 aliphatic carbocycles. The van der Waals surface area contributed by atoms with Gasteiger partial charge in [0.25, 0.3) is 0 Å². The van der Waals surface area contributed by atoms with Gasteiger partial charge in [-0.25, -0.2) is 0 Å². The first kappa shape index (κ1) is 44.4. The molecular formula is C31H73N11O5. The van der Waals surface area contributed by atoms with Crippen molar-refractivity contribution in [1.82, 2.24) is 57.2 Å². The summed E-state index contributed by atoms with van der Waals surface area (Å²) >= 11 is 0. The Morgan fingerprint density at radius 3 is 1.60 bits per heavy atom. The number of aliphatic hydroxyl groups excluding tert-OH is 5. The van der Waals surface area contributed by atoms with Crippen LogP contribution in [0.2, 0.25) is 0 Å². The molecule has 1 heterocycles. The zero-order valence-electron chi connectivity index (χ0n) is 29.7. The third kappa shape index (κ3) is 25.9. The highest BCUT2D eigenvalue weighted by atomic mass is 16.3. The van der Waals surface area contributed by atoms with E-state index in [1.54, 1.807) is 0 Å². The summed E-state index contributed by atoms with van der Waals surface area (Å²) in [6.07, 6.45) is -2.36. The van der Waals surface area contributed by atoms with Crippen LogP contribution in [0.15, 0.2) is 0 Å². The van der Waals surface area contributed by atoms with Gasteiger partial charge in [0.1, 0.15) is 0 Å². The molecule has 13 N–H and O–H groups in total. The molecule has 1 fully saturated rings. The zero-order chi connectivity index (χ0) is 34.5. The van der Waals surface area contributed by atoms with Crippen LogP contribution in [0.25, 0.3) is 0 Å². The molecule has 47 heavy (non-hydrogen) atoms. The van der Waals surface area contributed by atoms with Gasteiger partial charge in [0, 0.05) is 144 Å². The largest absolute Gasteiger partial charge is 0.390 e. The van der Waals surface area contributed by atoms with Crippen molar-refractivity contribution < 1.29 is 25.5 Å². The lowest BCUT2D eigenvalue weighted by Crippen LogP contribution is -2.48. The quantitative estimate of drug-likeness (QED) is 0.0405. The van der Waals surface area contributed by atoms with Crippen LogP contribution < -0.4 is 42.5 Å². The molecule has 5 atom stereocenters. The number of hydrogen-bond acceptors (Lipinski definition) is 16. The van der Waals surface area contributed by atoms with Crippen LogP contribution >= 0.6 is 0 Å². The first-order valence-electron chi connectivity index (χ1n) is 17.9. The van der Waals surface area contributed by atoms with Gasteiger partial charge in [0.2, 0.25) is 0 Å². The van der Waals surface area contributed by atoms with Crippen LogP contribution in [0.3, 0.4) is 0 Å². The minimum Gasteiger partial charge on any atom is -0.390 e. The second-order valence-electron chi connectivity index (χ2n) is 12.7. The lowest BCUT2D eigenvalue weighted by molar-refractivity contribution is 0.0942. The summed E-state index contributed by atoms with van der Waals surface area (Å²) in [5.74, 6) is 0. The van der Waals surface area contributed by atoms with E-state index in [1.165, 1.54) is 0 Å². The molecule has 1 saturated heterocycles. The first-order chi connectivity index (χ1) is 22.8. The minimum atomic E-state index is -0.539. The smallest absolute Gasteiger partial charge is 0.0791 e. The Morgan fingerprint density at radius 1 is 0.660 bits per heavy atom. The Balaban J connectivity index is 2.35. The van der Waals surface area contributed by atoms with E-state index >= 15 is 0 Å². The average Bonchev–Trinajstić information content (AvgIpc) is 3.03. The number of likely N-dealkylation sites (N-methyl/N-ethyl adjacent to an activating group) is 3. The van der Waals surface area contributed by atoms with Crippen LogP contribution in [0, 0.1) is 0 Å². The Kier molecular flexibility index (Phi) is 28.5. The van der Waals surface area contributed by atoms with E-state index in [0.717, 1.165) is 65.4 Å². The lowest BCUT2D eigenvalue weighted by Gasteiger charge is -2.29. The summed E-state index contributed by atoms with van der Waals surface area (Å²) in [4.78, 5) is 6.65. The fourth-order valence-electron chi connectivity index (χ4n) is 5.53. The van der Waals surface area contributed by atoms with Crippen LogP contribution in [0.4, 0.5) is 0 Å². The number of nitrogens with one attached hydrogen (secondary N) is 8. The molecular weight excluding hydrogens is 606 g/mol. The van der Waals surface area contributed by atoms with E-state index in [4.69, 9.17) is 0 Å². The van der Waals surface area contributed by atoms with Crippen molar-refractivity contribution in [2.75, 3.05) is 165 Å². The summed E-state index contributed by atoms with van der Waals surface area (Å²) < 4.78 is 0. The molecule has 0 aromatic heterocycles. The normalized spacial score (nSPS) is 21.9. The van der Waals surface area contributed by atoms with E-state index < -0.39 is 30.5 Å². The molecule has 1 aliphatic rings. The molecule has 0 amide bonds. The van der Waals surface area contributed by atoms with E-state index in [2.05, 4.69) is 64.2 Å². The number of hydrogen-bond donors (Lipinski definition) is 13. The number of nitrogens with zero attached hydrogens (tertiary/aromatic N) is 3. The number of rotatable bonds is 25. The molecule has 1 aliphatic heterocycles. The van der Waals surface area contributed by atoms with Crippen LogP contribution in [0.5, 0.6) is 0 Å². The maximum absolute atomic E-state index is 10.7. The second-order valence-corrected chi connectivity index (χ2v) is 12.7. The predicted octanol–water partition coefficient (Wildman–Crippen LogP) is -6.29. The standard InChI is InChI=1S/C31H73N11O5/c1-4-34-5-11-40-15-9-38-23-31(47)26-42(16-10-39-22-30(46)25-40)14-8-37-21-28(44)20-36-7-13-41(24-29(45)18-33-3)12-6-35-19-27(43)17-32-2/h27-39,43-47H,4-26H2,1-3H3. The molecule has 0 saturated carbocycles. The molecule has 16 heteroatoms. The van der Waals surface area contributed by atoms with E-state index in [-0.39, 0.29) is 0 Å². The molecule has 0 aromatic rings. The van der Waals surface area contributed by atoms with Gasteiger partial charge in [-0.1, -0.05) is 6.92 Å². The summed E-state index contributed by atoms with van der Waals surface area (Å²) in [5.41, 5.74) is 0. The predicted molar refractivity (Wildman–Crippen MR) is 190 cm³/mol. The van der Waals surface area contributed by atoms with Gasteiger partial charge in [-0.3, -0.25) is 14.7 Å². The van der Waals surface area contributed by atoms with Crippen molar-refractivity contribution in [3.05, 3.63) is 0 Å². The third-order valence-corrected chi connectivity index (χ3v) is 8.06. The Bertz CT molecular complexity index is 694. The van der Waals surface area contributed by atoms with Gasteiger partial charge in [0.15, 0.2) is 0 Å². The fraction of sp³-hybridized carbons (Fsp3) is 1.00. The van der Waals surface area contributed by atoms with E-state index in [9.17, 15) is 25.5 Å². The van der Waals surface area contributed by atoms with E-state index in [0.29, 0.717) is 85.1 Å². The molecule has 282 valence electrons. The van der Waals surface area contributed by atoms with Crippen molar-refractivity contribution in [3.8, 4) is 0 Å². The molecule has 16 nitrogen and oxygen atoms in total. The number of β-amino-alcohol motifs (C(OH)–C–C–N with tert-alkyl or cyclic N) is 2. The third-order valence-electron chi connectivity index (χ3n) is 8.06. The Morgan fingerprint density at radius 2 is 1.11 bits per heavy atom. The molecule has 0 spiro atoms.